The van der Waals surface area contributed by atoms with E-state index in [1.54, 1.807) is 7.11 Å². The summed E-state index contributed by atoms with van der Waals surface area (Å²) in [4.78, 5) is 4.81. The second kappa shape index (κ2) is 15.6. The summed E-state index contributed by atoms with van der Waals surface area (Å²) in [6.45, 7) is 18.2. The Labute approximate surface area is 281 Å². The van der Waals surface area contributed by atoms with E-state index in [4.69, 9.17) is 31.0 Å². The van der Waals surface area contributed by atoms with E-state index in [9.17, 15) is 0 Å². The number of halogens is 3. The number of aryl methyl sites for hydroxylation is 6. The molecule has 8 heteroatoms. The largest absolute Gasteiger partial charge is 0.502 e. The molecule has 44 heavy (non-hydrogen) atoms. The fourth-order valence-electron chi connectivity index (χ4n) is 6.00. The number of aromatic hydroxyl groups is 1. The Morgan fingerprint density at radius 1 is 0.795 bits per heavy atom. The van der Waals surface area contributed by atoms with Gasteiger partial charge in [-0.05, 0) is 63.8 Å². The summed E-state index contributed by atoms with van der Waals surface area (Å²) in [7, 11) is 13.7. The number of anilines is 3. The monoisotopic (exact) mass is 739 g/mol. The van der Waals surface area contributed by atoms with Crippen LogP contribution in [0.4, 0.5) is 17.1 Å². The summed E-state index contributed by atoms with van der Waals surface area (Å²) in [6, 6.07) is 22.8. The molecule has 0 amide bonds. The van der Waals surface area contributed by atoms with Crippen molar-refractivity contribution in [2.24, 2.45) is 0 Å². The van der Waals surface area contributed by atoms with E-state index in [-0.39, 0.29) is 0 Å². The molecule has 0 radical (unpaired) electrons. The van der Waals surface area contributed by atoms with Gasteiger partial charge in [-0.25, -0.2) is 0 Å². The van der Waals surface area contributed by atoms with Crippen LogP contribution in [-0.4, -0.2) is 29.5 Å². The van der Waals surface area contributed by atoms with Gasteiger partial charge in [0, 0.05) is 24.5 Å². The van der Waals surface area contributed by atoms with Gasteiger partial charge in [0.15, 0.2) is 0 Å². The zero-order valence-corrected chi connectivity index (χ0v) is 30.5. The number of aliphatic hydroxyl groups is 1. The van der Waals surface area contributed by atoms with Crippen LogP contribution in [0.25, 0.3) is 0 Å². The third-order valence-electron chi connectivity index (χ3n) is 7.62. The topological polar surface area (TPSA) is 31.3 Å². The Morgan fingerprint density at radius 3 is 1.82 bits per heavy atom. The van der Waals surface area contributed by atoms with Crippen LogP contribution in [0.1, 0.15) is 44.5 Å². The molecular formula is C36H42Cl3N3ORu. The fraction of sp³-hybridized carbons (Fsp3) is 0.278. The van der Waals surface area contributed by atoms with Crippen LogP contribution in [0.3, 0.4) is 0 Å². The van der Waals surface area contributed by atoms with Crippen molar-refractivity contribution in [3.63, 3.8) is 0 Å². The van der Waals surface area contributed by atoms with Gasteiger partial charge in [-0.3, -0.25) is 0 Å². The average molecular weight is 740 g/mol. The van der Waals surface area contributed by atoms with Gasteiger partial charge in [0.1, 0.15) is 0 Å². The number of nitrogens with zero attached hydrogens (tertiary/aromatic N) is 2. The number of rotatable bonds is 7. The van der Waals surface area contributed by atoms with Gasteiger partial charge >= 0.3 is 143 Å². The third-order valence-corrected chi connectivity index (χ3v) is 9.68. The minimum atomic E-state index is -1.89. The van der Waals surface area contributed by atoms with Crippen LogP contribution in [0.5, 0.6) is 5.75 Å². The van der Waals surface area contributed by atoms with Crippen molar-refractivity contribution in [2.75, 3.05) is 35.3 Å². The zero-order valence-electron chi connectivity index (χ0n) is 26.5. The Kier molecular flexibility index (Phi) is 12.2. The number of hydrogen-bond donors (Lipinski definition) is 1. The van der Waals surface area contributed by atoms with Crippen LogP contribution in [0.15, 0.2) is 66.7 Å². The molecule has 4 aromatic rings. The SMILES string of the molecule is C[OH+]c1ccccc1NCc1ccc(Cl)cc1[CH]=[Ru]([Cl])[Cl].Cc1cc(C)c(N2[CH-]N(c3c(C)cc(C)cc3C)CC2)c(C)c1. The van der Waals surface area contributed by atoms with Gasteiger partial charge in [-0.2, -0.15) is 6.67 Å². The zero-order chi connectivity index (χ0) is 32.0. The van der Waals surface area contributed by atoms with Gasteiger partial charge in [0.2, 0.25) is 0 Å². The Balaban J connectivity index is 0.000000202. The smallest absolute Gasteiger partial charge is 0.0146 e. The first kappa shape index (κ1) is 34.3. The molecule has 1 aliphatic heterocycles. The first-order valence-corrected chi connectivity index (χ1v) is 20.4. The minimum absolute atomic E-state index is 0.658. The summed E-state index contributed by atoms with van der Waals surface area (Å²) in [5, 5.41) is 4.06. The van der Waals surface area contributed by atoms with E-state index in [0.717, 1.165) is 35.7 Å². The van der Waals surface area contributed by atoms with Gasteiger partial charge in [-0.1, -0.05) is 35.4 Å². The van der Waals surface area contributed by atoms with Crippen LogP contribution in [-0.2, 0) is 20.1 Å². The summed E-state index contributed by atoms with van der Waals surface area (Å²) < 4.78 is 6.15. The van der Waals surface area contributed by atoms with E-state index in [0.29, 0.717) is 11.6 Å². The number of ether oxygens (including phenoxy) is 1. The van der Waals surface area contributed by atoms with E-state index in [2.05, 4.69) is 92.3 Å². The molecule has 0 unspecified atom stereocenters. The molecule has 0 bridgehead atoms. The van der Waals surface area contributed by atoms with Crippen molar-refractivity contribution in [3.05, 3.63) is 123 Å². The molecule has 2 N–H and O–H groups in total. The number of para-hydroxylation sites is 2. The molecule has 0 spiro atoms. The summed E-state index contributed by atoms with van der Waals surface area (Å²) >= 11 is 4.15. The Morgan fingerprint density at radius 2 is 1.32 bits per heavy atom. The summed E-state index contributed by atoms with van der Waals surface area (Å²) in [5.41, 5.74) is 13.9. The maximum atomic E-state index is 6.04. The first-order chi connectivity index (χ1) is 21.0. The second-order valence-electron chi connectivity index (χ2n) is 11.2. The molecule has 1 fully saturated rings. The van der Waals surface area contributed by atoms with E-state index >= 15 is 0 Å². The average Bonchev–Trinajstić information content (AvgIpc) is 3.40. The van der Waals surface area contributed by atoms with Crippen molar-refractivity contribution in [1.29, 1.82) is 0 Å². The van der Waals surface area contributed by atoms with Crippen molar-refractivity contribution in [1.82, 2.24) is 0 Å². The molecule has 0 aliphatic carbocycles. The van der Waals surface area contributed by atoms with Crippen LogP contribution in [0, 0.1) is 48.2 Å². The molecule has 4 nitrogen and oxygen atoms in total. The van der Waals surface area contributed by atoms with Crippen molar-refractivity contribution >= 4 is 52.7 Å². The van der Waals surface area contributed by atoms with E-state index in [1.165, 1.54) is 44.8 Å². The molecule has 4 aromatic carbocycles. The molecular weight excluding hydrogens is 698 g/mol. The van der Waals surface area contributed by atoms with Gasteiger partial charge < -0.3 is 9.80 Å². The van der Waals surface area contributed by atoms with Gasteiger partial charge in [0.25, 0.3) is 0 Å². The minimum Gasteiger partial charge on any atom is -0.502 e. The van der Waals surface area contributed by atoms with Crippen LogP contribution < -0.4 is 15.1 Å². The summed E-state index contributed by atoms with van der Waals surface area (Å²) in [5.74, 6) is 0.930. The van der Waals surface area contributed by atoms with E-state index in [1.807, 2.05) is 47.1 Å². The predicted molar refractivity (Wildman–Crippen MR) is 190 cm³/mol. The van der Waals surface area contributed by atoms with Crippen LogP contribution in [0.2, 0.25) is 5.02 Å². The second-order valence-corrected chi connectivity index (χ2v) is 17.4. The molecule has 236 valence electrons. The van der Waals surface area contributed by atoms with Crippen molar-refractivity contribution in [3.8, 4) is 5.75 Å². The Bertz CT molecular complexity index is 1540. The normalized spacial score (nSPS) is 12.9. The van der Waals surface area contributed by atoms with Gasteiger partial charge in [-0.15, -0.1) is 0 Å². The van der Waals surface area contributed by atoms with E-state index < -0.39 is 13.5 Å². The number of nitrogens with one attached hydrogen (secondary N) is 1. The molecule has 1 saturated heterocycles. The molecule has 1 aliphatic rings. The molecule has 1 heterocycles. The summed E-state index contributed by atoms with van der Waals surface area (Å²) in [6.07, 6.45) is 0. The Hall–Kier alpha value is -2.56. The predicted octanol–water partition coefficient (Wildman–Crippen LogP) is 9.88. The standard InChI is InChI=1S/C21H27N2.C15H14ClNO.2ClH.Ru/c1-14-9-16(3)20(17(4)10-14)22-7-8-23(13-22)21-18(5)11-15(2)12-19(21)6;1-11-9-13(16)8-7-12(11)10-17-14-5-3-4-6-15(14)18-2;;;/h9-13H,7-8H2,1-6H3;1,3-9,17H,10H2,2H3;2*1H;/q-1;;;;+2/p-1. The molecule has 5 rings (SSSR count). The number of benzene rings is 4. The third kappa shape index (κ3) is 8.79. The molecule has 0 atom stereocenters. The maximum Gasteiger partial charge on any atom is 0.0146 e. The fourth-order valence-corrected chi connectivity index (χ4v) is 8.04. The molecule has 0 aromatic heterocycles. The van der Waals surface area contributed by atoms with Gasteiger partial charge in [0.05, 0.1) is 0 Å². The van der Waals surface area contributed by atoms with Crippen molar-refractivity contribution < 1.29 is 18.3 Å². The number of hydrogen-bond acceptors (Lipinski definition) is 3. The maximum absolute atomic E-state index is 6.04. The van der Waals surface area contributed by atoms with Crippen LogP contribution >= 0.6 is 31.0 Å². The van der Waals surface area contributed by atoms with Crippen molar-refractivity contribution in [2.45, 2.75) is 48.1 Å². The first-order valence-electron chi connectivity index (χ1n) is 14.5. The molecule has 0 saturated carbocycles. The quantitative estimate of drug-likeness (QED) is 0.0887.